The predicted octanol–water partition coefficient (Wildman–Crippen LogP) is -0.283. The summed E-state index contributed by atoms with van der Waals surface area (Å²) in [7, 11) is 0. The molecule has 1 amide bonds. The van der Waals surface area contributed by atoms with Crippen LogP contribution in [-0.2, 0) is 4.79 Å². The summed E-state index contributed by atoms with van der Waals surface area (Å²) in [4.78, 5) is 11.0. The molecule has 10 heavy (non-hydrogen) atoms. The van der Waals surface area contributed by atoms with Crippen molar-refractivity contribution in [3.8, 4) is 0 Å². The molecule has 58 valence electrons. The first-order chi connectivity index (χ1) is 4.75. The summed E-state index contributed by atoms with van der Waals surface area (Å²) in [6.45, 7) is 3.24. The third-order valence-electron chi connectivity index (χ3n) is 1.89. The Labute approximate surface area is 61.0 Å². The summed E-state index contributed by atoms with van der Waals surface area (Å²) in [5, 5.41) is 2.76. The molecule has 0 saturated heterocycles. The van der Waals surface area contributed by atoms with Gasteiger partial charge in [0, 0.05) is 19.0 Å². The molecule has 0 aromatic carbocycles. The lowest BCUT2D eigenvalue weighted by Crippen LogP contribution is -2.30. The van der Waals surface area contributed by atoms with Crippen molar-refractivity contribution in [2.45, 2.75) is 13.3 Å². The number of carbonyl (C=O) groups is 1. The summed E-state index contributed by atoms with van der Waals surface area (Å²) < 4.78 is 0. The standard InChI is InChI=1S/C7H14N2O/c1-5-4-6(5)7(10)9-3-2-8/h5-6H,2-4,8H2,1H3,(H,9,10). The zero-order chi connectivity index (χ0) is 7.56. The van der Waals surface area contributed by atoms with Crippen LogP contribution in [0.2, 0.25) is 0 Å². The van der Waals surface area contributed by atoms with Crippen molar-refractivity contribution in [2.24, 2.45) is 17.6 Å². The van der Waals surface area contributed by atoms with Crippen molar-refractivity contribution in [1.82, 2.24) is 5.32 Å². The Balaban J connectivity index is 2.11. The molecule has 1 saturated carbocycles. The van der Waals surface area contributed by atoms with Crippen molar-refractivity contribution in [1.29, 1.82) is 0 Å². The third kappa shape index (κ3) is 1.70. The SMILES string of the molecule is CC1CC1C(=O)NCCN. The Morgan fingerprint density at radius 1 is 1.80 bits per heavy atom. The Bertz CT molecular complexity index is 136. The molecule has 0 aliphatic heterocycles. The van der Waals surface area contributed by atoms with E-state index in [1.54, 1.807) is 0 Å². The van der Waals surface area contributed by atoms with Crippen LogP contribution in [0.15, 0.2) is 0 Å². The van der Waals surface area contributed by atoms with E-state index in [1.807, 2.05) is 0 Å². The zero-order valence-corrected chi connectivity index (χ0v) is 6.26. The smallest absolute Gasteiger partial charge is 0.223 e. The number of rotatable bonds is 3. The lowest BCUT2D eigenvalue weighted by atomic mass is 10.3. The first-order valence-corrected chi connectivity index (χ1v) is 3.73. The maximum atomic E-state index is 11.0. The van der Waals surface area contributed by atoms with Gasteiger partial charge in [-0.25, -0.2) is 0 Å². The van der Waals surface area contributed by atoms with E-state index in [9.17, 15) is 4.79 Å². The number of hydrogen-bond acceptors (Lipinski definition) is 2. The topological polar surface area (TPSA) is 55.1 Å². The number of carbonyl (C=O) groups excluding carboxylic acids is 1. The molecule has 1 fully saturated rings. The highest BCUT2D eigenvalue weighted by atomic mass is 16.2. The van der Waals surface area contributed by atoms with Crippen LogP contribution in [0.3, 0.4) is 0 Å². The maximum absolute atomic E-state index is 11.0. The quantitative estimate of drug-likeness (QED) is 0.569. The van der Waals surface area contributed by atoms with Gasteiger partial charge in [-0.05, 0) is 12.3 Å². The second-order valence-corrected chi connectivity index (χ2v) is 2.90. The monoisotopic (exact) mass is 142 g/mol. The minimum atomic E-state index is 0.179. The van der Waals surface area contributed by atoms with Gasteiger partial charge in [0.2, 0.25) is 5.91 Å². The van der Waals surface area contributed by atoms with Crippen molar-refractivity contribution in [3.63, 3.8) is 0 Å². The van der Waals surface area contributed by atoms with Crippen LogP contribution in [0.4, 0.5) is 0 Å². The van der Waals surface area contributed by atoms with Gasteiger partial charge in [-0.1, -0.05) is 6.92 Å². The van der Waals surface area contributed by atoms with E-state index >= 15 is 0 Å². The largest absolute Gasteiger partial charge is 0.355 e. The highest BCUT2D eigenvalue weighted by Crippen LogP contribution is 2.37. The Morgan fingerprint density at radius 3 is 2.80 bits per heavy atom. The first kappa shape index (κ1) is 7.54. The molecular formula is C7H14N2O. The molecule has 0 bridgehead atoms. The highest BCUT2D eigenvalue weighted by Gasteiger charge is 2.38. The minimum absolute atomic E-state index is 0.179. The van der Waals surface area contributed by atoms with E-state index in [0.29, 0.717) is 19.0 Å². The van der Waals surface area contributed by atoms with E-state index in [0.717, 1.165) is 6.42 Å². The Kier molecular flexibility index (Phi) is 2.27. The lowest BCUT2D eigenvalue weighted by Gasteiger charge is -1.99. The number of nitrogens with one attached hydrogen (secondary N) is 1. The Hall–Kier alpha value is -0.570. The second kappa shape index (κ2) is 3.01. The van der Waals surface area contributed by atoms with Crippen LogP contribution in [-0.4, -0.2) is 19.0 Å². The molecule has 3 N–H and O–H groups in total. The van der Waals surface area contributed by atoms with Crippen molar-refractivity contribution in [2.75, 3.05) is 13.1 Å². The van der Waals surface area contributed by atoms with Gasteiger partial charge < -0.3 is 11.1 Å². The molecule has 0 aromatic rings. The average molecular weight is 142 g/mol. The third-order valence-corrected chi connectivity index (χ3v) is 1.89. The summed E-state index contributed by atoms with van der Waals surface area (Å²) in [5.74, 6) is 1.06. The zero-order valence-electron chi connectivity index (χ0n) is 6.26. The molecule has 0 spiro atoms. The Morgan fingerprint density at radius 2 is 2.40 bits per heavy atom. The molecule has 2 unspecified atom stereocenters. The van der Waals surface area contributed by atoms with Gasteiger partial charge in [-0.3, -0.25) is 4.79 Å². The predicted molar refractivity (Wildman–Crippen MR) is 39.3 cm³/mol. The summed E-state index contributed by atoms with van der Waals surface area (Å²) in [6.07, 6.45) is 1.05. The van der Waals surface area contributed by atoms with Gasteiger partial charge in [-0.2, -0.15) is 0 Å². The van der Waals surface area contributed by atoms with E-state index in [1.165, 1.54) is 0 Å². The number of hydrogen-bond donors (Lipinski definition) is 2. The second-order valence-electron chi connectivity index (χ2n) is 2.90. The van der Waals surface area contributed by atoms with Crippen LogP contribution >= 0.6 is 0 Å². The van der Waals surface area contributed by atoms with Crippen LogP contribution < -0.4 is 11.1 Å². The fraction of sp³-hybridized carbons (Fsp3) is 0.857. The average Bonchev–Trinajstić information content (AvgIpc) is 2.62. The lowest BCUT2D eigenvalue weighted by molar-refractivity contribution is -0.122. The molecule has 3 nitrogen and oxygen atoms in total. The fourth-order valence-electron chi connectivity index (χ4n) is 1.01. The minimum Gasteiger partial charge on any atom is -0.355 e. The highest BCUT2D eigenvalue weighted by molar-refractivity contribution is 5.81. The molecule has 2 atom stereocenters. The van der Waals surface area contributed by atoms with Crippen LogP contribution in [0.25, 0.3) is 0 Å². The molecule has 0 heterocycles. The molecular weight excluding hydrogens is 128 g/mol. The van der Waals surface area contributed by atoms with Gasteiger partial charge in [0.05, 0.1) is 0 Å². The van der Waals surface area contributed by atoms with Gasteiger partial charge in [0.15, 0.2) is 0 Å². The molecule has 0 aromatic heterocycles. The molecule has 1 rings (SSSR count). The maximum Gasteiger partial charge on any atom is 0.223 e. The summed E-state index contributed by atoms with van der Waals surface area (Å²) >= 11 is 0. The fourth-order valence-corrected chi connectivity index (χ4v) is 1.01. The van der Waals surface area contributed by atoms with Gasteiger partial charge in [0.1, 0.15) is 0 Å². The number of nitrogens with two attached hydrogens (primary N) is 1. The molecule has 1 aliphatic carbocycles. The summed E-state index contributed by atoms with van der Waals surface area (Å²) in [6, 6.07) is 0. The first-order valence-electron chi connectivity index (χ1n) is 3.73. The normalized spacial score (nSPS) is 29.8. The molecule has 3 heteroatoms. The van der Waals surface area contributed by atoms with Crippen LogP contribution in [0.1, 0.15) is 13.3 Å². The van der Waals surface area contributed by atoms with Crippen molar-refractivity contribution < 1.29 is 4.79 Å². The van der Waals surface area contributed by atoms with Gasteiger partial charge in [-0.15, -0.1) is 0 Å². The van der Waals surface area contributed by atoms with E-state index < -0.39 is 0 Å². The van der Waals surface area contributed by atoms with Crippen molar-refractivity contribution in [3.05, 3.63) is 0 Å². The van der Waals surface area contributed by atoms with E-state index in [4.69, 9.17) is 5.73 Å². The van der Waals surface area contributed by atoms with Crippen molar-refractivity contribution >= 4 is 5.91 Å². The van der Waals surface area contributed by atoms with Gasteiger partial charge in [0.25, 0.3) is 0 Å². The van der Waals surface area contributed by atoms with E-state index in [2.05, 4.69) is 12.2 Å². The van der Waals surface area contributed by atoms with Crippen LogP contribution in [0.5, 0.6) is 0 Å². The molecule has 0 radical (unpaired) electrons. The molecule has 1 aliphatic rings. The van der Waals surface area contributed by atoms with Gasteiger partial charge >= 0.3 is 0 Å². The van der Waals surface area contributed by atoms with Crippen LogP contribution in [0, 0.1) is 11.8 Å². The number of amides is 1. The summed E-state index contributed by atoms with van der Waals surface area (Å²) in [5.41, 5.74) is 5.22. The van der Waals surface area contributed by atoms with E-state index in [-0.39, 0.29) is 11.8 Å².